The molecule has 0 saturated carbocycles. The molecule has 0 bridgehead atoms. The van der Waals surface area contributed by atoms with E-state index in [1.54, 1.807) is 30.3 Å². The van der Waals surface area contributed by atoms with Crippen molar-refractivity contribution >= 4 is 41.0 Å². The van der Waals surface area contributed by atoms with Crippen molar-refractivity contribution in [2.75, 3.05) is 18.5 Å². The van der Waals surface area contributed by atoms with E-state index in [1.807, 2.05) is 6.92 Å². The van der Waals surface area contributed by atoms with Gasteiger partial charge in [0.1, 0.15) is 6.04 Å². The molecule has 0 aliphatic rings. The van der Waals surface area contributed by atoms with Gasteiger partial charge in [-0.25, -0.2) is 9.59 Å². The molecule has 9 heteroatoms. The lowest BCUT2D eigenvalue weighted by Gasteiger charge is -2.14. The molecule has 0 aliphatic heterocycles. The van der Waals surface area contributed by atoms with Crippen molar-refractivity contribution in [1.82, 2.24) is 5.32 Å². The molecular weight excluding hydrogens is 436 g/mol. The molecule has 0 spiro atoms. The van der Waals surface area contributed by atoms with Gasteiger partial charge in [0.05, 0.1) is 22.8 Å². The summed E-state index contributed by atoms with van der Waals surface area (Å²) in [4.78, 5) is 48.2. The fourth-order valence-corrected chi connectivity index (χ4v) is 2.74. The molecule has 0 saturated heterocycles. The number of nitrogens with one attached hydrogen (secondary N) is 2. The zero-order chi connectivity index (χ0) is 23.5. The molecule has 2 amide bonds. The first-order valence-corrected chi connectivity index (χ1v) is 10.5. The Kier molecular flexibility index (Phi) is 9.69. The van der Waals surface area contributed by atoms with Crippen molar-refractivity contribution in [3.8, 4) is 0 Å². The van der Waals surface area contributed by atoms with Gasteiger partial charge < -0.3 is 20.1 Å². The van der Waals surface area contributed by atoms with Gasteiger partial charge in [-0.15, -0.1) is 0 Å². The van der Waals surface area contributed by atoms with Crippen molar-refractivity contribution in [3.05, 3.63) is 64.7 Å². The number of ether oxygens (including phenoxy) is 2. The lowest BCUT2D eigenvalue weighted by molar-refractivity contribution is -0.148. The molecule has 32 heavy (non-hydrogen) atoms. The predicted octanol–water partition coefficient (Wildman–Crippen LogP) is 3.60. The van der Waals surface area contributed by atoms with E-state index >= 15 is 0 Å². The van der Waals surface area contributed by atoms with E-state index in [0.717, 1.165) is 12.8 Å². The third-order valence-corrected chi connectivity index (χ3v) is 4.63. The molecule has 2 N–H and O–H groups in total. The highest BCUT2D eigenvalue weighted by atomic mass is 35.5. The third-order valence-electron chi connectivity index (χ3n) is 4.30. The normalized spacial score (nSPS) is 11.2. The van der Waals surface area contributed by atoms with Crippen LogP contribution in [0.5, 0.6) is 0 Å². The van der Waals surface area contributed by atoms with Crippen LogP contribution in [-0.4, -0.2) is 43.0 Å². The average Bonchev–Trinajstić information content (AvgIpc) is 2.78. The van der Waals surface area contributed by atoms with Gasteiger partial charge in [-0.3, -0.25) is 9.59 Å². The Morgan fingerprint density at radius 1 is 1.00 bits per heavy atom. The van der Waals surface area contributed by atoms with Crippen molar-refractivity contribution < 1.29 is 28.7 Å². The second-order valence-corrected chi connectivity index (χ2v) is 7.30. The summed E-state index contributed by atoms with van der Waals surface area (Å²) in [5.41, 5.74) is 1.02. The number of esters is 2. The molecule has 170 valence electrons. The van der Waals surface area contributed by atoms with Crippen LogP contribution in [0.25, 0.3) is 0 Å². The van der Waals surface area contributed by atoms with Crippen LogP contribution >= 0.6 is 11.6 Å². The molecule has 0 heterocycles. The van der Waals surface area contributed by atoms with Crippen molar-refractivity contribution in [3.63, 3.8) is 0 Å². The first-order valence-electron chi connectivity index (χ1n) is 10.1. The van der Waals surface area contributed by atoms with E-state index in [0.29, 0.717) is 17.9 Å². The second kappa shape index (κ2) is 12.5. The summed E-state index contributed by atoms with van der Waals surface area (Å²) >= 11 is 5.96. The topological polar surface area (TPSA) is 111 Å². The highest BCUT2D eigenvalue weighted by molar-refractivity contribution is 6.33. The largest absolute Gasteiger partial charge is 0.462 e. The van der Waals surface area contributed by atoms with Gasteiger partial charge in [-0.1, -0.05) is 37.1 Å². The molecule has 0 aromatic heterocycles. The number of anilines is 1. The Morgan fingerprint density at radius 3 is 2.34 bits per heavy atom. The predicted molar refractivity (Wildman–Crippen MR) is 120 cm³/mol. The van der Waals surface area contributed by atoms with E-state index in [1.165, 1.54) is 25.1 Å². The Bertz CT molecular complexity index is 961. The van der Waals surface area contributed by atoms with Crippen LogP contribution in [-0.2, 0) is 19.1 Å². The van der Waals surface area contributed by atoms with Gasteiger partial charge in [0.2, 0.25) is 0 Å². The molecule has 0 aliphatic carbocycles. The van der Waals surface area contributed by atoms with E-state index in [-0.39, 0.29) is 10.6 Å². The fourth-order valence-electron chi connectivity index (χ4n) is 2.52. The number of unbranched alkanes of at least 4 members (excludes halogenated alkanes) is 1. The number of hydrogen-bond acceptors (Lipinski definition) is 6. The number of hydrogen-bond donors (Lipinski definition) is 2. The summed E-state index contributed by atoms with van der Waals surface area (Å²) in [6.07, 6.45) is 1.72. The van der Waals surface area contributed by atoms with Gasteiger partial charge in [-0.2, -0.15) is 0 Å². The van der Waals surface area contributed by atoms with Crippen LogP contribution in [0.4, 0.5) is 5.69 Å². The Hall–Kier alpha value is -3.39. The number of halogens is 1. The molecule has 8 nitrogen and oxygen atoms in total. The second-order valence-electron chi connectivity index (χ2n) is 6.90. The standard InChI is InChI=1S/C23H25ClN2O6/c1-3-4-13-31-23(30)16-9-11-17(12-10-16)26-20(27)14-32-22(29)15(2)25-21(28)18-7-5-6-8-19(18)24/h5-12,15H,3-4,13-14H2,1-2H3,(H,25,28)(H,26,27)/t15-/m0/s1. The number of amides is 2. The highest BCUT2D eigenvalue weighted by Gasteiger charge is 2.20. The molecule has 0 radical (unpaired) electrons. The molecule has 2 rings (SSSR count). The van der Waals surface area contributed by atoms with Crippen LogP contribution in [0, 0.1) is 0 Å². The average molecular weight is 461 g/mol. The number of carbonyl (C=O) groups is 4. The number of carbonyl (C=O) groups excluding carboxylic acids is 4. The van der Waals surface area contributed by atoms with E-state index in [9.17, 15) is 19.2 Å². The zero-order valence-electron chi connectivity index (χ0n) is 17.9. The molecular formula is C23H25ClN2O6. The monoisotopic (exact) mass is 460 g/mol. The van der Waals surface area contributed by atoms with Crippen molar-refractivity contribution in [2.24, 2.45) is 0 Å². The zero-order valence-corrected chi connectivity index (χ0v) is 18.6. The lowest BCUT2D eigenvalue weighted by atomic mass is 10.2. The first-order chi connectivity index (χ1) is 15.3. The highest BCUT2D eigenvalue weighted by Crippen LogP contribution is 2.15. The van der Waals surface area contributed by atoms with Gasteiger partial charge in [0, 0.05) is 5.69 Å². The van der Waals surface area contributed by atoms with Gasteiger partial charge in [0.15, 0.2) is 6.61 Å². The maximum atomic E-state index is 12.2. The molecule has 2 aromatic rings. The van der Waals surface area contributed by atoms with E-state index in [2.05, 4.69) is 10.6 Å². The summed E-state index contributed by atoms with van der Waals surface area (Å²) in [5.74, 6) is -2.30. The van der Waals surface area contributed by atoms with Crippen LogP contribution in [0.1, 0.15) is 47.4 Å². The molecule has 1 atom stereocenters. The van der Waals surface area contributed by atoms with Crippen molar-refractivity contribution in [1.29, 1.82) is 0 Å². The van der Waals surface area contributed by atoms with E-state index < -0.39 is 36.4 Å². The number of rotatable bonds is 10. The molecule has 0 fully saturated rings. The summed E-state index contributed by atoms with van der Waals surface area (Å²) in [6, 6.07) is 11.6. The lowest BCUT2D eigenvalue weighted by Crippen LogP contribution is -2.40. The first kappa shape index (κ1) is 24.9. The Balaban J connectivity index is 1.78. The number of benzene rings is 2. The van der Waals surface area contributed by atoms with Gasteiger partial charge in [0.25, 0.3) is 11.8 Å². The van der Waals surface area contributed by atoms with Crippen molar-refractivity contribution in [2.45, 2.75) is 32.7 Å². The van der Waals surface area contributed by atoms with Gasteiger partial charge >= 0.3 is 11.9 Å². The molecule has 0 unspecified atom stereocenters. The minimum Gasteiger partial charge on any atom is -0.462 e. The molecule has 2 aromatic carbocycles. The van der Waals surface area contributed by atoms with Crippen LogP contribution in [0.15, 0.2) is 48.5 Å². The minimum absolute atomic E-state index is 0.226. The van der Waals surface area contributed by atoms with Gasteiger partial charge in [-0.05, 0) is 49.7 Å². The minimum atomic E-state index is -0.982. The Morgan fingerprint density at radius 2 is 1.69 bits per heavy atom. The van der Waals surface area contributed by atoms with Crippen LogP contribution in [0.2, 0.25) is 5.02 Å². The smallest absolute Gasteiger partial charge is 0.338 e. The summed E-state index contributed by atoms with van der Waals surface area (Å²) in [6.45, 7) is 3.26. The summed E-state index contributed by atoms with van der Waals surface area (Å²) < 4.78 is 10.1. The quantitative estimate of drug-likeness (QED) is 0.414. The maximum absolute atomic E-state index is 12.2. The summed E-state index contributed by atoms with van der Waals surface area (Å²) in [7, 11) is 0. The maximum Gasteiger partial charge on any atom is 0.338 e. The Labute approximate surface area is 191 Å². The SMILES string of the molecule is CCCCOC(=O)c1ccc(NC(=O)COC(=O)[C@H](C)NC(=O)c2ccccc2Cl)cc1. The van der Waals surface area contributed by atoms with Crippen LogP contribution < -0.4 is 10.6 Å². The van der Waals surface area contributed by atoms with Crippen LogP contribution in [0.3, 0.4) is 0 Å². The summed E-state index contributed by atoms with van der Waals surface area (Å²) in [5, 5.41) is 5.28. The third kappa shape index (κ3) is 7.70. The fraction of sp³-hybridized carbons (Fsp3) is 0.304. The van der Waals surface area contributed by atoms with E-state index in [4.69, 9.17) is 21.1 Å².